The average Bonchev–Trinajstić information content (AvgIpc) is 2.68. The molecule has 3 rings (SSSR count). The van der Waals surface area contributed by atoms with Crippen molar-refractivity contribution in [2.24, 2.45) is 0 Å². The predicted molar refractivity (Wildman–Crippen MR) is 100 cm³/mol. The topological polar surface area (TPSA) is 47.8 Å². The second-order valence-corrected chi connectivity index (χ2v) is 6.29. The van der Waals surface area contributed by atoms with Crippen LogP contribution in [-0.4, -0.2) is 44.2 Å². The van der Waals surface area contributed by atoms with Crippen LogP contribution in [0.4, 0.5) is 5.69 Å². The molecule has 1 N–H and O–H groups in total. The van der Waals surface area contributed by atoms with E-state index in [9.17, 15) is 0 Å². The Morgan fingerprint density at radius 1 is 1.04 bits per heavy atom. The van der Waals surface area contributed by atoms with E-state index in [2.05, 4.69) is 27.8 Å². The van der Waals surface area contributed by atoms with Gasteiger partial charge in [-0.25, -0.2) is 4.89 Å². The Balaban J connectivity index is 0.00000243. The van der Waals surface area contributed by atoms with Gasteiger partial charge in [0.1, 0.15) is 0 Å². The predicted octanol–water partition coefficient (Wildman–Crippen LogP) is 3.90. The maximum atomic E-state index is 5.52. The van der Waals surface area contributed by atoms with Gasteiger partial charge >= 0.3 is 0 Å². The number of hydrogen-bond donors (Lipinski definition) is 1. The Labute approximate surface area is 181 Å². The third-order valence-electron chi connectivity index (χ3n) is 4.52. The van der Waals surface area contributed by atoms with Crippen molar-refractivity contribution in [3.63, 3.8) is 0 Å². The van der Waals surface area contributed by atoms with E-state index >= 15 is 0 Å². The summed E-state index contributed by atoms with van der Waals surface area (Å²) in [6.45, 7) is 4.18. The molecule has 2 aromatic rings. The molecule has 0 atom stereocenters. The second kappa shape index (κ2) is 11.8. The Hall–Kier alpha value is -0.816. The molecule has 1 aliphatic heterocycles. The summed E-state index contributed by atoms with van der Waals surface area (Å²) in [6.07, 6.45) is 2.05. The van der Waals surface area contributed by atoms with E-state index in [0.29, 0.717) is 0 Å². The molecule has 2 aromatic carbocycles. The van der Waals surface area contributed by atoms with Crippen molar-refractivity contribution in [3.05, 3.63) is 60.1 Å². The molecule has 1 radical (unpaired) electrons. The SMILES string of the molecule is CNCCN1CCC(OO[N-]c2ccccc2-c2ccccc2)CC1.[Y]. The van der Waals surface area contributed by atoms with Crippen molar-refractivity contribution in [1.29, 1.82) is 0 Å². The minimum absolute atomic E-state index is 0. The van der Waals surface area contributed by atoms with E-state index in [1.807, 2.05) is 49.5 Å². The van der Waals surface area contributed by atoms with Crippen molar-refractivity contribution in [3.8, 4) is 11.1 Å². The van der Waals surface area contributed by atoms with Crippen LogP contribution in [0.3, 0.4) is 0 Å². The fourth-order valence-corrected chi connectivity index (χ4v) is 3.04. The molecule has 0 aliphatic carbocycles. The first-order chi connectivity index (χ1) is 12.4. The fourth-order valence-electron chi connectivity index (χ4n) is 3.04. The zero-order chi connectivity index (χ0) is 17.3. The van der Waals surface area contributed by atoms with Gasteiger partial charge in [0.05, 0.1) is 6.10 Å². The third-order valence-corrected chi connectivity index (χ3v) is 4.52. The van der Waals surface area contributed by atoms with Gasteiger partial charge in [0.15, 0.2) is 0 Å². The largest absolute Gasteiger partial charge is 0.529 e. The molecule has 1 saturated heterocycles. The molecular weight excluding hydrogens is 403 g/mol. The van der Waals surface area contributed by atoms with Gasteiger partial charge in [0.25, 0.3) is 0 Å². The zero-order valence-corrected chi connectivity index (χ0v) is 18.1. The number of hydrogen-bond acceptors (Lipinski definition) is 4. The minimum atomic E-state index is 0. The van der Waals surface area contributed by atoms with Crippen LogP contribution < -0.4 is 5.32 Å². The van der Waals surface area contributed by atoms with E-state index in [1.165, 1.54) is 0 Å². The van der Waals surface area contributed by atoms with E-state index in [0.717, 1.165) is 55.8 Å². The summed E-state index contributed by atoms with van der Waals surface area (Å²) in [4.78, 5) is 13.2. The summed E-state index contributed by atoms with van der Waals surface area (Å²) in [5.41, 5.74) is 7.13. The number of rotatable bonds is 8. The van der Waals surface area contributed by atoms with Crippen LogP contribution >= 0.6 is 0 Å². The van der Waals surface area contributed by atoms with Crippen LogP contribution in [0.5, 0.6) is 0 Å². The van der Waals surface area contributed by atoms with Crippen molar-refractivity contribution in [2.75, 3.05) is 33.2 Å². The molecule has 1 aliphatic rings. The maximum Gasteiger partial charge on any atom is 0.0940 e. The van der Waals surface area contributed by atoms with Crippen LogP contribution in [0.25, 0.3) is 16.6 Å². The smallest absolute Gasteiger partial charge is 0.0940 e. The molecule has 137 valence electrons. The first-order valence-corrected chi connectivity index (χ1v) is 8.92. The zero-order valence-electron chi connectivity index (χ0n) is 15.3. The van der Waals surface area contributed by atoms with Crippen LogP contribution in [-0.2, 0) is 42.6 Å². The molecule has 0 unspecified atom stereocenters. The van der Waals surface area contributed by atoms with Crippen LogP contribution in [0, 0.1) is 0 Å². The summed E-state index contributed by atoms with van der Waals surface area (Å²) in [7, 11) is 1.98. The Bertz CT molecular complexity index is 634. The van der Waals surface area contributed by atoms with Crippen molar-refractivity contribution in [1.82, 2.24) is 10.2 Å². The van der Waals surface area contributed by atoms with Gasteiger partial charge in [-0.05, 0) is 31.0 Å². The maximum absolute atomic E-state index is 5.52. The Kier molecular flexibility index (Phi) is 9.75. The second-order valence-electron chi connectivity index (χ2n) is 6.29. The number of nitrogens with one attached hydrogen (secondary N) is 1. The normalized spacial score (nSPS) is 15.4. The summed E-state index contributed by atoms with van der Waals surface area (Å²) < 4.78 is 0. The molecule has 0 amide bonds. The van der Waals surface area contributed by atoms with E-state index in [1.54, 1.807) is 0 Å². The number of likely N-dealkylation sites (N-methyl/N-ethyl adjacent to an activating group) is 1. The summed E-state index contributed by atoms with van der Waals surface area (Å²) >= 11 is 0. The van der Waals surface area contributed by atoms with Crippen molar-refractivity contribution < 1.29 is 42.6 Å². The summed E-state index contributed by atoms with van der Waals surface area (Å²) in [5, 5.41) is 3.18. The molecule has 0 saturated carbocycles. The van der Waals surface area contributed by atoms with Gasteiger partial charge < -0.3 is 20.7 Å². The standard InChI is InChI=1S/C20H26N3O2.Y/c1-21-13-16-23-14-11-18(12-15-23)24-25-22-20-10-6-5-9-19(20)17-7-3-2-4-8-17;/h2-10,18,21H,11-16H2,1H3;/q-1;. The summed E-state index contributed by atoms with van der Waals surface area (Å²) in [5.74, 6) is 0. The molecule has 26 heavy (non-hydrogen) atoms. The number of likely N-dealkylation sites (tertiary alicyclic amines) is 1. The first-order valence-electron chi connectivity index (χ1n) is 8.92. The Morgan fingerprint density at radius 2 is 1.73 bits per heavy atom. The number of piperidine rings is 1. The van der Waals surface area contributed by atoms with Crippen LogP contribution in [0.2, 0.25) is 0 Å². The molecule has 6 heteroatoms. The van der Waals surface area contributed by atoms with Gasteiger partial charge in [-0.15, -0.1) is 5.69 Å². The van der Waals surface area contributed by atoms with Crippen LogP contribution in [0.1, 0.15) is 12.8 Å². The van der Waals surface area contributed by atoms with Crippen LogP contribution in [0.15, 0.2) is 54.6 Å². The van der Waals surface area contributed by atoms with Gasteiger partial charge in [-0.2, -0.15) is 0 Å². The Morgan fingerprint density at radius 3 is 2.46 bits per heavy atom. The molecule has 0 spiro atoms. The number of benzene rings is 2. The molecule has 0 bridgehead atoms. The monoisotopic (exact) mass is 429 g/mol. The average molecular weight is 429 g/mol. The molecule has 5 nitrogen and oxygen atoms in total. The number of nitrogens with zero attached hydrogens (tertiary/aromatic N) is 2. The molecular formula is C20H26N3O2Y-. The molecule has 1 heterocycles. The third kappa shape index (κ3) is 6.41. The van der Waals surface area contributed by atoms with Gasteiger partial charge in [-0.3, -0.25) is 0 Å². The van der Waals surface area contributed by atoms with Crippen molar-refractivity contribution in [2.45, 2.75) is 18.9 Å². The molecule has 0 aromatic heterocycles. The van der Waals surface area contributed by atoms with Crippen molar-refractivity contribution >= 4 is 5.69 Å². The van der Waals surface area contributed by atoms with Gasteiger partial charge in [0.2, 0.25) is 0 Å². The molecule has 1 fully saturated rings. The van der Waals surface area contributed by atoms with E-state index < -0.39 is 0 Å². The van der Waals surface area contributed by atoms with E-state index in [-0.39, 0.29) is 38.8 Å². The quantitative estimate of drug-likeness (QED) is 0.511. The fraction of sp³-hybridized carbons (Fsp3) is 0.400. The first kappa shape index (κ1) is 21.5. The van der Waals surface area contributed by atoms with Gasteiger partial charge in [0, 0.05) is 58.9 Å². The van der Waals surface area contributed by atoms with Gasteiger partial charge in [-0.1, -0.05) is 54.6 Å². The van der Waals surface area contributed by atoms with E-state index in [4.69, 9.17) is 9.88 Å². The summed E-state index contributed by atoms with van der Waals surface area (Å²) in [6, 6.07) is 18.1. The minimum Gasteiger partial charge on any atom is -0.529 e.